The first-order valence-electron chi connectivity index (χ1n) is 5.38. The van der Waals surface area contributed by atoms with Gasteiger partial charge < -0.3 is 10.1 Å². The molecule has 2 amide bonds. The van der Waals surface area contributed by atoms with E-state index in [2.05, 4.69) is 10.2 Å². The molecule has 0 atom stereocenters. The molecule has 6 nitrogen and oxygen atoms in total. The monoisotopic (exact) mass is 252 g/mol. The van der Waals surface area contributed by atoms with E-state index in [4.69, 9.17) is 4.74 Å². The van der Waals surface area contributed by atoms with Gasteiger partial charge in [-0.15, -0.1) is 0 Å². The first-order chi connectivity index (χ1) is 8.63. The second kappa shape index (κ2) is 7.29. The average molecular weight is 252 g/mol. The largest absolute Gasteiger partial charge is 0.484 e. The van der Waals surface area contributed by atoms with Crippen LogP contribution in [0.3, 0.4) is 0 Å². The van der Waals surface area contributed by atoms with Crippen LogP contribution in [-0.2, 0) is 14.4 Å². The molecule has 0 aliphatic carbocycles. The molecule has 0 aliphatic heterocycles. The summed E-state index contributed by atoms with van der Waals surface area (Å²) in [6.45, 7) is -0.255. The number of hydroxylamine groups is 2. The molecule has 0 fully saturated rings. The van der Waals surface area contributed by atoms with Crippen LogP contribution in [0.5, 0.6) is 5.75 Å². The quantitative estimate of drug-likeness (QED) is 0.734. The van der Waals surface area contributed by atoms with E-state index in [0.717, 1.165) is 5.06 Å². The van der Waals surface area contributed by atoms with E-state index >= 15 is 0 Å². The van der Waals surface area contributed by atoms with Crippen LogP contribution in [-0.4, -0.2) is 44.2 Å². The van der Waals surface area contributed by atoms with Crippen molar-refractivity contribution in [2.75, 3.05) is 27.3 Å². The van der Waals surface area contributed by atoms with E-state index in [1.807, 2.05) is 18.2 Å². The minimum atomic E-state index is -0.364. The summed E-state index contributed by atoms with van der Waals surface area (Å²) in [7, 11) is 2.84. The van der Waals surface area contributed by atoms with Crippen LogP contribution in [0.15, 0.2) is 30.3 Å². The van der Waals surface area contributed by atoms with E-state index in [-0.39, 0.29) is 25.0 Å². The molecule has 1 rings (SSSR count). The Kier molecular flexibility index (Phi) is 5.66. The molecule has 1 N–H and O–H groups in total. The van der Waals surface area contributed by atoms with E-state index in [0.29, 0.717) is 5.75 Å². The van der Waals surface area contributed by atoms with E-state index in [1.165, 1.54) is 14.2 Å². The Morgan fingerprint density at radius 1 is 1.28 bits per heavy atom. The lowest BCUT2D eigenvalue weighted by Crippen LogP contribution is -2.39. The van der Waals surface area contributed by atoms with Gasteiger partial charge in [-0.25, -0.2) is 5.06 Å². The van der Waals surface area contributed by atoms with Crippen LogP contribution in [0.1, 0.15) is 0 Å². The third-order valence-corrected chi connectivity index (χ3v) is 2.17. The summed E-state index contributed by atoms with van der Waals surface area (Å²) in [6, 6.07) is 8.97. The summed E-state index contributed by atoms with van der Waals surface area (Å²) in [4.78, 5) is 27.4. The molecule has 18 heavy (non-hydrogen) atoms. The van der Waals surface area contributed by atoms with Crippen LogP contribution in [0.2, 0.25) is 0 Å². The standard InChI is InChI=1S/C12H16N2O4/c1-14(17-2)12(16)8-13-11(15)9-18-10-6-4-3-5-7-10/h3-7H,8-9H2,1-2H3,(H,13,15). The SMILES string of the molecule is CON(C)C(=O)CNC(=O)COc1ccccc1. The van der Waals surface area contributed by atoms with Gasteiger partial charge >= 0.3 is 0 Å². The summed E-state index contributed by atoms with van der Waals surface area (Å²) in [5, 5.41) is 3.47. The van der Waals surface area contributed by atoms with Gasteiger partial charge in [0.1, 0.15) is 5.75 Å². The molecule has 1 aromatic rings. The van der Waals surface area contributed by atoms with Crippen LogP contribution >= 0.6 is 0 Å². The maximum Gasteiger partial charge on any atom is 0.265 e. The molecule has 1 aromatic carbocycles. The first-order valence-corrected chi connectivity index (χ1v) is 5.38. The fraction of sp³-hybridized carbons (Fsp3) is 0.333. The number of likely N-dealkylation sites (N-methyl/N-ethyl adjacent to an activating group) is 1. The number of hydrogen-bond acceptors (Lipinski definition) is 4. The number of rotatable bonds is 6. The zero-order valence-electron chi connectivity index (χ0n) is 10.4. The predicted molar refractivity (Wildman–Crippen MR) is 64.7 cm³/mol. The smallest absolute Gasteiger partial charge is 0.265 e. The van der Waals surface area contributed by atoms with Gasteiger partial charge in [-0.2, -0.15) is 0 Å². The molecule has 0 bridgehead atoms. The molecular weight excluding hydrogens is 236 g/mol. The van der Waals surface area contributed by atoms with Crippen molar-refractivity contribution in [1.82, 2.24) is 10.4 Å². The van der Waals surface area contributed by atoms with Crippen molar-refractivity contribution >= 4 is 11.8 Å². The van der Waals surface area contributed by atoms with E-state index < -0.39 is 0 Å². The summed E-state index contributed by atoms with van der Waals surface area (Å²) in [6.07, 6.45) is 0. The molecule has 0 unspecified atom stereocenters. The van der Waals surface area contributed by atoms with Gasteiger partial charge in [0, 0.05) is 7.05 Å². The van der Waals surface area contributed by atoms with Gasteiger partial charge in [0.05, 0.1) is 13.7 Å². The Labute approximate surface area is 105 Å². The highest BCUT2D eigenvalue weighted by Crippen LogP contribution is 2.07. The van der Waals surface area contributed by atoms with Crippen LogP contribution in [0.4, 0.5) is 0 Å². The zero-order chi connectivity index (χ0) is 13.4. The van der Waals surface area contributed by atoms with Crippen molar-refractivity contribution in [3.63, 3.8) is 0 Å². The van der Waals surface area contributed by atoms with Gasteiger partial charge in [-0.3, -0.25) is 14.4 Å². The van der Waals surface area contributed by atoms with Crippen molar-refractivity contribution in [3.8, 4) is 5.75 Å². The lowest BCUT2D eigenvalue weighted by atomic mass is 10.3. The fourth-order valence-corrected chi connectivity index (χ4v) is 1.10. The summed E-state index contributed by atoms with van der Waals surface area (Å²) < 4.78 is 5.22. The number of benzene rings is 1. The van der Waals surface area contributed by atoms with Crippen molar-refractivity contribution < 1.29 is 19.2 Å². The van der Waals surface area contributed by atoms with Crippen LogP contribution in [0.25, 0.3) is 0 Å². The van der Waals surface area contributed by atoms with Gasteiger partial charge in [0.15, 0.2) is 6.61 Å². The average Bonchev–Trinajstić information content (AvgIpc) is 2.42. The topological polar surface area (TPSA) is 67.9 Å². The van der Waals surface area contributed by atoms with Crippen molar-refractivity contribution in [2.24, 2.45) is 0 Å². The van der Waals surface area contributed by atoms with Crippen LogP contribution < -0.4 is 10.1 Å². The minimum Gasteiger partial charge on any atom is -0.484 e. The third-order valence-electron chi connectivity index (χ3n) is 2.17. The Hall–Kier alpha value is -2.08. The molecule has 0 aliphatic rings. The Morgan fingerprint density at radius 2 is 1.94 bits per heavy atom. The number of ether oxygens (including phenoxy) is 1. The molecule has 6 heteroatoms. The van der Waals surface area contributed by atoms with E-state index in [1.54, 1.807) is 12.1 Å². The maximum absolute atomic E-state index is 11.4. The highest BCUT2D eigenvalue weighted by atomic mass is 16.7. The van der Waals surface area contributed by atoms with Gasteiger partial charge in [0.25, 0.3) is 11.8 Å². The molecule has 0 saturated heterocycles. The number of para-hydroxylation sites is 1. The number of amides is 2. The molecule has 0 spiro atoms. The summed E-state index contributed by atoms with van der Waals surface area (Å²) in [5.41, 5.74) is 0. The predicted octanol–water partition coefficient (Wildman–Crippen LogP) is 0.201. The van der Waals surface area contributed by atoms with Gasteiger partial charge in [-0.1, -0.05) is 18.2 Å². The van der Waals surface area contributed by atoms with Gasteiger partial charge in [0.2, 0.25) is 0 Å². The molecule has 0 heterocycles. The summed E-state index contributed by atoms with van der Waals surface area (Å²) >= 11 is 0. The first kappa shape index (κ1) is 14.0. The van der Waals surface area contributed by atoms with Crippen molar-refractivity contribution in [2.45, 2.75) is 0 Å². The Bertz CT molecular complexity index is 394. The second-order valence-electron chi connectivity index (χ2n) is 3.45. The van der Waals surface area contributed by atoms with Crippen LogP contribution in [0, 0.1) is 0 Å². The summed E-state index contributed by atoms with van der Waals surface area (Å²) in [5.74, 6) is -0.102. The molecule has 0 saturated carbocycles. The number of hydrogen-bond donors (Lipinski definition) is 1. The maximum atomic E-state index is 11.4. The molecule has 0 radical (unpaired) electrons. The van der Waals surface area contributed by atoms with Gasteiger partial charge in [-0.05, 0) is 12.1 Å². The highest BCUT2D eigenvalue weighted by Gasteiger charge is 2.09. The lowest BCUT2D eigenvalue weighted by molar-refractivity contribution is -0.167. The number of nitrogens with zero attached hydrogens (tertiary/aromatic N) is 1. The van der Waals surface area contributed by atoms with Crippen molar-refractivity contribution in [1.29, 1.82) is 0 Å². The minimum absolute atomic E-state index is 0.124. The second-order valence-corrected chi connectivity index (χ2v) is 3.45. The fourth-order valence-electron chi connectivity index (χ4n) is 1.10. The third kappa shape index (κ3) is 4.84. The number of carbonyl (C=O) groups excluding carboxylic acids is 2. The zero-order valence-corrected chi connectivity index (χ0v) is 10.4. The number of nitrogens with one attached hydrogen (secondary N) is 1. The Balaban J connectivity index is 2.24. The van der Waals surface area contributed by atoms with Crippen molar-refractivity contribution in [3.05, 3.63) is 30.3 Å². The lowest BCUT2D eigenvalue weighted by Gasteiger charge is -2.13. The molecule has 0 aromatic heterocycles. The highest BCUT2D eigenvalue weighted by molar-refractivity contribution is 5.84. The number of carbonyl (C=O) groups is 2. The normalized spacial score (nSPS) is 9.67. The van der Waals surface area contributed by atoms with E-state index in [9.17, 15) is 9.59 Å². The Morgan fingerprint density at radius 3 is 2.56 bits per heavy atom. The molecule has 98 valence electrons. The molecular formula is C12H16N2O4.